The maximum Gasteiger partial charge on any atom is 0.314 e. The van der Waals surface area contributed by atoms with Crippen molar-refractivity contribution in [2.45, 2.75) is 39.5 Å². The molecule has 0 aliphatic rings. The molecule has 2 rings (SSSR count). The number of hydrogen-bond acceptors (Lipinski definition) is 2. The van der Waals surface area contributed by atoms with Crippen LogP contribution in [0.2, 0.25) is 5.02 Å². The number of carbonyl (C=O) groups excluding carboxylic acids is 2. The van der Waals surface area contributed by atoms with E-state index in [1.165, 1.54) is 0 Å². The molecule has 4 nitrogen and oxygen atoms in total. The second-order valence-corrected chi connectivity index (χ2v) is 6.98. The highest BCUT2D eigenvalue weighted by atomic mass is 35.5. The predicted octanol–water partition coefficient (Wildman–Crippen LogP) is 5.16. The molecule has 0 saturated heterocycles. The first kappa shape index (κ1) is 19.0. The first-order valence-corrected chi connectivity index (χ1v) is 8.68. The molecule has 0 atom stereocenters. The van der Waals surface area contributed by atoms with Crippen molar-refractivity contribution >= 4 is 34.8 Å². The molecule has 0 aliphatic heterocycles. The molecule has 0 bridgehead atoms. The first-order chi connectivity index (χ1) is 11.8. The molecule has 0 aromatic heterocycles. The molecule has 0 spiro atoms. The van der Waals surface area contributed by atoms with E-state index in [2.05, 4.69) is 38.3 Å². The van der Waals surface area contributed by atoms with E-state index in [9.17, 15) is 9.59 Å². The van der Waals surface area contributed by atoms with Gasteiger partial charge in [0.2, 0.25) is 0 Å². The molecule has 0 saturated carbocycles. The lowest BCUT2D eigenvalue weighted by Gasteiger charge is -2.20. The highest BCUT2D eigenvalue weighted by molar-refractivity contribution is 6.44. The summed E-state index contributed by atoms with van der Waals surface area (Å²) in [4.78, 5) is 24.6. The lowest BCUT2D eigenvalue weighted by Crippen LogP contribution is -2.30. The molecular weight excluding hydrogens is 336 g/mol. The van der Waals surface area contributed by atoms with Gasteiger partial charge in [0.15, 0.2) is 0 Å². The van der Waals surface area contributed by atoms with Gasteiger partial charge in [0.25, 0.3) is 0 Å². The number of hydrogen-bond donors (Lipinski definition) is 2. The van der Waals surface area contributed by atoms with Crippen LogP contribution in [0.5, 0.6) is 0 Å². The molecule has 5 heteroatoms. The van der Waals surface area contributed by atoms with Crippen molar-refractivity contribution in [3.63, 3.8) is 0 Å². The number of benzene rings is 2. The Morgan fingerprint density at radius 2 is 1.36 bits per heavy atom. The number of halogens is 1. The number of amides is 2. The Morgan fingerprint density at radius 3 is 1.88 bits per heavy atom. The van der Waals surface area contributed by atoms with Gasteiger partial charge >= 0.3 is 11.8 Å². The van der Waals surface area contributed by atoms with E-state index < -0.39 is 11.8 Å². The fraction of sp³-hybridized carbons (Fsp3) is 0.300. The van der Waals surface area contributed by atoms with Crippen molar-refractivity contribution in [2.24, 2.45) is 0 Å². The van der Waals surface area contributed by atoms with Crippen molar-refractivity contribution in [1.82, 2.24) is 0 Å². The zero-order chi connectivity index (χ0) is 18.6. The quantitative estimate of drug-likeness (QED) is 0.741. The third kappa shape index (κ3) is 4.83. The monoisotopic (exact) mass is 358 g/mol. The minimum atomic E-state index is -0.726. The molecular formula is C20H23ClN2O2. The van der Waals surface area contributed by atoms with Crippen LogP contribution in [0, 0.1) is 0 Å². The first-order valence-electron chi connectivity index (χ1n) is 8.30. The number of carbonyl (C=O) groups is 2. The molecule has 0 fully saturated rings. The van der Waals surface area contributed by atoms with Gasteiger partial charge in [-0.15, -0.1) is 0 Å². The van der Waals surface area contributed by atoms with Crippen LogP contribution in [-0.2, 0) is 9.59 Å². The van der Waals surface area contributed by atoms with Crippen LogP contribution in [0.25, 0.3) is 0 Å². The van der Waals surface area contributed by atoms with E-state index in [1.807, 2.05) is 18.2 Å². The summed E-state index contributed by atoms with van der Waals surface area (Å²) in [5, 5.41) is 5.85. The summed E-state index contributed by atoms with van der Waals surface area (Å²) in [7, 11) is 0. The number of nitrogens with one attached hydrogen (secondary N) is 2. The fourth-order valence-corrected chi connectivity index (χ4v) is 2.81. The zero-order valence-corrected chi connectivity index (χ0v) is 15.6. The van der Waals surface area contributed by atoms with Gasteiger partial charge < -0.3 is 10.6 Å². The maximum atomic E-state index is 12.4. The standard InChI is InChI=1S/C20H23ClN2O2/c1-12(2)16-9-6-10-17(13(3)4)18(16)23-20(25)19(24)22-15-8-5-7-14(21)11-15/h5-13H,1-4H3,(H,22,24)(H,23,25). The highest BCUT2D eigenvalue weighted by Gasteiger charge is 2.20. The number of anilines is 2. The molecule has 0 unspecified atom stereocenters. The summed E-state index contributed by atoms with van der Waals surface area (Å²) in [6.45, 7) is 8.23. The Balaban J connectivity index is 2.23. The summed E-state index contributed by atoms with van der Waals surface area (Å²) in [6.07, 6.45) is 0. The third-order valence-corrected chi connectivity index (χ3v) is 4.14. The van der Waals surface area contributed by atoms with Gasteiger partial charge in [-0.2, -0.15) is 0 Å². The normalized spacial score (nSPS) is 10.8. The van der Waals surface area contributed by atoms with Crippen molar-refractivity contribution in [3.8, 4) is 0 Å². The molecule has 0 radical (unpaired) electrons. The Kier molecular flexibility index (Phi) is 6.21. The molecule has 2 N–H and O–H groups in total. The lowest BCUT2D eigenvalue weighted by atomic mass is 9.92. The molecule has 25 heavy (non-hydrogen) atoms. The van der Waals surface area contributed by atoms with Gasteiger partial charge in [0, 0.05) is 16.4 Å². The molecule has 2 amide bonds. The summed E-state index contributed by atoms with van der Waals surface area (Å²) >= 11 is 5.90. The van der Waals surface area contributed by atoms with Crippen molar-refractivity contribution in [1.29, 1.82) is 0 Å². The zero-order valence-electron chi connectivity index (χ0n) is 14.9. The largest absolute Gasteiger partial charge is 0.318 e. The van der Waals surface area contributed by atoms with Crippen LogP contribution in [-0.4, -0.2) is 11.8 Å². The van der Waals surface area contributed by atoms with Crippen LogP contribution in [0.15, 0.2) is 42.5 Å². The maximum absolute atomic E-state index is 12.4. The molecule has 2 aromatic rings. The Bertz CT molecular complexity index is 759. The summed E-state index contributed by atoms with van der Waals surface area (Å²) in [5.41, 5.74) is 3.22. The topological polar surface area (TPSA) is 58.2 Å². The average molecular weight is 359 g/mol. The predicted molar refractivity (Wildman–Crippen MR) is 103 cm³/mol. The Labute approximate surface area is 153 Å². The SMILES string of the molecule is CC(C)c1cccc(C(C)C)c1NC(=O)C(=O)Nc1cccc(Cl)c1. The fourth-order valence-electron chi connectivity index (χ4n) is 2.62. The van der Waals surface area contributed by atoms with Crippen molar-refractivity contribution in [2.75, 3.05) is 10.6 Å². The molecule has 2 aromatic carbocycles. The van der Waals surface area contributed by atoms with Crippen molar-refractivity contribution < 1.29 is 9.59 Å². The van der Waals surface area contributed by atoms with Crippen LogP contribution in [0.3, 0.4) is 0 Å². The summed E-state index contributed by atoms with van der Waals surface area (Å²) < 4.78 is 0. The Morgan fingerprint density at radius 1 is 0.840 bits per heavy atom. The molecule has 132 valence electrons. The van der Waals surface area contributed by atoms with Gasteiger partial charge in [0.05, 0.1) is 0 Å². The van der Waals surface area contributed by atoms with Crippen LogP contribution < -0.4 is 10.6 Å². The lowest BCUT2D eigenvalue weighted by molar-refractivity contribution is -0.133. The van der Waals surface area contributed by atoms with E-state index in [4.69, 9.17) is 11.6 Å². The van der Waals surface area contributed by atoms with Gasteiger partial charge in [-0.3, -0.25) is 9.59 Å². The van der Waals surface area contributed by atoms with Gasteiger partial charge in [-0.1, -0.05) is 63.6 Å². The minimum Gasteiger partial charge on any atom is -0.318 e. The smallest absolute Gasteiger partial charge is 0.314 e. The second kappa shape index (κ2) is 8.17. The summed E-state index contributed by atoms with van der Waals surface area (Å²) in [5.74, 6) is -0.972. The van der Waals surface area contributed by atoms with E-state index in [1.54, 1.807) is 24.3 Å². The van der Waals surface area contributed by atoms with Crippen LogP contribution in [0.4, 0.5) is 11.4 Å². The van der Waals surface area contributed by atoms with Gasteiger partial charge in [-0.05, 0) is 41.2 Å². The van der Waals surface area contributed by atoms with E-state index >= 15 is 0 Å². The van der Waals surface area contributed by atoms with E-state index in [0.717, 1.165) is 16.8 Å². The van der Waals surface area contributed by atoms with Gasteiger partial charge in [-0.25, -0.2) is 0 Å². The highest BCUT2D eigenvalue weighted by Crippen LogP contribution is 2.32. The third-order valence-electron chi connectivity index (χ3n) is 3.90. The molecule has 0 heterocycles. The van der Waals surface area contributed by atoms with Crippen LogP contribution >= 0.6 is 11.6 Å². The average Bonchev–Trinajstić information content (AvgIpc) is 2.54. The number of rotatable bonds is 4. The molecule has 0 aliphatic carbocycles. The van der Waals surface area contributed by atoms with Crippen LogP contribution in [0.1, 0.15) is 50.7 Å². The van der Waals surface area contributed by atoms with Crippen molar-refractivity contribution in [3.05, 3.63) is 58.6 Å². The van der Waals surface area contributed by atoms with E-state index in [-0.39, 0.29) is 11.8 Å². The number of para-hydroxylation sites is 1. The minimum absolute atomic E-state index is 0.227. The van der Waals surface area contributed by atoms with Gasteiger partial charge in [0.1, 0.15) is 0 Å². The summed E-state index contributed by atoms with van der Waals surface area (Å²) in [6, 6.07) is 12.6. The Hall–Kier alpha value is -2.33. The van der Waals surface area contributed by atoms with E-state index in [0.29, 0.717) is 10.7 Å². The second-order valence-electron chi connectivity index (χ2n) is 6.54.